The molecule has 3 atom stereocenters. The summed E-state index contributed by atoms with van der Waals surface area (Å²) in [7, 11) is 0. The lowest BCUT2D eigenvalue weighted by Crippen LogP contribution is -2.15. The first-order valence-electron chi connectivity index (χ1n) is 10.1. The van der Waals surface area contributed by atoms with Gasteiger partial charge in [-0.05, 0) is 56.9 Å². The lowest BCUT2D eigenvalue weighted by atomic mass is 9.86. The van der Waals surface area contributed by atoms with Crippen molar-refractivity contribution < 1.29 is 19.1 Å². The first-order valence-corrected chi connectivity index (χ1v) is 10.1. The van der Waals surface area contributed by atoms with Crippen LogP contribution in [0.1, 0.15) is 62.1 Å². The van der Waals surface area contributed by atoms with Crippen LogP contribution in [0.4, 0.5) is 0 Å². The van der Waals surface area contributed by atoms with Crippen LogP contribution >= 0.6 is 0 Å². The molecule has 0 spiro atoms. The van der Waals surface area contributed by atoms with Crippen LogP contribution in [-0.4, -0.2) is 11.9 Å². The van der Waals surface area contributed by atoms with Crippen molar-refractivity contribution in [3.63, 3.8) is 0 Å². The van der Waals surface area contributed by atoms with Crippen LogP contribution in [0, 0.1) is 12.8 Å². The second-order valence-electron chi connectivity index (χ2n) is 8.47. The third-order valence-electron chi connectivity index (χ3n) is 6.41. The van der Waals surface area contributed by atoms with Crippen LogP contribution in [0.5, 0.6) is 11.5 Å². The predicted octanol–water partition coefficient (Wildman–Crippen LogP) is 5.72. The highest BCUT2D eigenvalue weighted by atomic mass is 16.5. The Morgan fingerprint density at radius 2 is 1.45 bits per heavy atom. The van der Waals surface area contributed by atoms with E-state index in [-0.39, 0.29) is 11.8 Å². The summed E-state index contributed by atoms with van der Waals surface area (Å²) in [6.45, 7) is 15.0. The predicted molar refractivity (Wildman–Crippen MR) is 113 cm³/mol. The molecule has 2 aliphatic carbocycles. The second kappa shape index (κ2) is 6.87. The Morgan fingerprint density at radius 1 is 0.931 bits per heavy atom. The van der Waals surface area contributed by atoms with Gasteiger partial charge in [0.15, 0.2) is 0 Å². The van der Waals surface area contributed by atoms with Crippen molar-refractivity contribution in [1.29, 1.82) is 0 Å². The lowest BCUT2D eigenvalue weighted by Gasteiger charge is -2.25. The fourth-order valence-electron chi connectivity index (χ4n) is 4.97. The lowest BCUT2D eigenvalue weighted by molar-refractivity contribution is -0.131. The Kier molecular flexibility index (Phi) is 4.60. The highest BCUT2D eigenvalue weighted by Crippen LogP contribution is 2.64. The molecule has 0 aliphatic heterocycles. The molecule has 4 nitrogen and oxygen atoms in total. The summed E-state index contributed by atoms with van der Waals surface area (Å²) in [5, 5.41) is 1.62. The molecule has 29 heavy (non-hydrogen) atoms. The summed E-state index contributed by atoms with van der Waals surface area (Å²) in [6.07, 6.45) is 2.09. The van der Waals surface area contributed by atoms with Crippen molar-refractivity contribution in [1.82, 2.24) is 0 Å². The molecule has 0 aromatic heterocycles. The maximum Gasteiger partial charge on any atom is 0.338 e. The SMILES string of the molecule is C=C(C)C(=O)Oc1c2c(c(OC(=O)C(=C)C)c3c(C)cccc13)C1CCC2C1C. The van der Waals surface area contributed by atoms with Crippen molar-refractivity contribution in [3.8, 4) is 11.5 Å². The number of benzene rings is 2. The van der Waals surface area contributed by atoms with Crippen LogP contribution in [0.15, 0.2) is 42.5 Å². The van der Waals surface area contributed by atoms with Gasteiger partial charge in [0.05, 0.1) is 0 Å². The molecule has 4 rings (SSSR count). The van der Waals surface area contributed by atoms with Gasteiger partial charge in [-0.3, -0.25) is 0 Å². The number of hydrogen-bond acceptors (Lipinski definition) is 4. The molecule has 4 heteroatoms. The largest absolute Gasteiger partial charge is 0.422 e. The summed E-state index contributed by atoms with van der Waals surface area (Å²) in [4.78, 5) is 24.9. The third-order valence-corrected chi connectivity index (χ3v) is 6.41. The molecule has 150 valence electrons. The number of esters is 2. The van der Waals surface area contributed by atoms with E-state index < -0.39 is 11.9 Å². The average Bonchev–Trinajstić information content (AvgIpc) is 3.16. The molecule has 0 radical (unpaired) electrons. The topological polar surface area (TPSA) is 52.6 Å². The van der Waals surface area contributed by atoms with Crippen molar-refractivity contribution in [2.45, 2.75) is 52.4 Å². The quantitative estimate of drug-likeness (QED) is 0.380. The van der Waals surface area contributed by atoms with Crippen molar-refractivity contribution >= 4 is 22.7 Å². The van der Waals surface area contributed by atoms with Crippen LogP contribution in [0.3, 0.4) is 0 Å². The van der Waals surface area contributed by atoms with Crippen molar-refractivity contribution in [2.75, 3.05) is 0 Å². The second-order valence-corrected chi connectivity index (χ2v) is 8.47. The number of fused-ring (bicyclic) bond motifs is 6. The molecule has 0 heterocycles. The molecule has 1 fully saturated rings. The van der Waals surface area contributed by atoms with Crippen LogP contribution < -0.4 is 9.47 Å². The number of rotatable bonds is 4. The number of carbonyl (C=O) groups excluding carboxylic acids is 2. The molecule has 2 aliphatic rings. The van der Waals surface area contributed by atoms with Gasteiger partial charge in [0, 0.05) is 33.0 Å². The Morgan fingerprint density at radius 3 is 2.00 bits per heavy atom. The van der Waals surface area contributed by atoms with Gasteiger partial charge in [0.25, 0.3) is 0 Å². The van der Waals surface area contributed by atoms with E-state index in [1.807, 2.05) is 25.1 Å². The molecule has 0 N–H and O–H groups in total. The molecule has 2 aromatic rings. The zero-order valence-electron chi connectivity index (χ0n) is 17.4. The normalized spacial score (nSPS) is 21.7. The van der Waals surface area contributed by atoms with Crippen LogP contribution in [0.2, 0.25) is 0 Å². The Hall–Kier alpha value is -2.88. The minimum absolute atomic E-state index is 0.286. The average molecular weight is 390 g/mol. The number of carbonyl (C=O) groups is 2. The zero-order valence-corrected chi connectivity index (χ0v) is 17.4. The number of ether oxygens (including phenoxy) is 2. The summed E-state index contributed by atoms with van der Waals surface area (Å²) in [5.74, 6) is 1.32. The summed E-state index contributed by atoms with van der Waals surface area (Å²) >= 11 is 0. The summed E-state index contributed by atoms with van der Waals surface area (Å²) < 4.78 is 11.8. The van der Waals surface area contributed by atoms with E-state index in [4.69, 9.17) is 9.47 Å². The Bertz CT molecular complexity index is 1090. The molecule has 1 saturated carbocycles. The summed E-state index contributed by atoms with van der Waals surface area (Å²) in [6, 6.07) is 5.84. The molecule has 2 aromatic carbocycles. The van der Waals surface area contributed by atoms with Gasteiger partial charge >= 0.3 is 11.9 Å². The fourth-order valence-corrected chi connectivity index (χ4v) is 4.97. The van der Waals surface area contributed by atoms with E-state index in [2.05, 4.69) is 20.1 Å². The minimum atomic E-state index is -0.433. The van der Waals surface area contributed by atoms with E-state index in [0.29, 0.717) is 28.6 Å². The summed E-state index contributed by atoms with van der Waals surface area (Å²) in [5.41, 5.74) is 3.72. The highest BCUT2D eigenvalue weighted by molar-refractivity contribution is 6.03. The fraction of sp³-hybridized carbons (Fsp3) is 0.360. The van der Waals surface area contributed by atoms with Gasteiger partial charge in [-0.1, -0.05) is 38.3 Å². The highest BCUT2D eigenvalue weighted by Gasteiger charge is 2.48. The molecular formula is C25H26O4. The van der Waals surface area contributed by atoms with Gasteiger partial charge < -0.3 is 9.47 Å². The molecule has 2 bridgehead atoms. The molecule has 0 amide bonds. The molecule has 3 unspecified atom stereocenters. The van der Waals surface area contributed by atoms with E-state index in [9.17, 15) is 9.59 Å². The number of hydrogen-bond donors (Lipinski definition) is 0. The smallest absolute Gasteiger partial charge is 0.338 e. The van der Waals surface area contributed by atoms with Gasteiger partial charge in [-0.2, -0.15) is 0 Å². The first kappa shape index (κ1) is 19.4. The molecular weight excluding hydrogens is 364 g/mol. The maximum absolute atomic E-state index is 12.5. The standard InChI is InChI=1S/C25H26O4/c1-12(2)24(26)28-22-18-9-7-8-14(5)19(18)23(29-25(27)13(3)4)21-17-11-10-16(15(17)6)20(21)22/h7-9,15-17H,1,3,10-11H2,2,4-6H3. The van der Waals surface area contributed by atoms with Gasteiger partial charge in [0.2, 0.25) is 0 Å². The van der Waals surface area contributed by atoms with Crippen LogP contribution in [-0.2, 0) is 9.59 Å². The van der Waals surface area contributed by atoms with Crippen molar-refractivity contribution in [2.24, 2.45) is 5.92 Å². The maximum atomic E-state index is 12.5. The minimum Gasteiger partial charge on any atom is -0.422 e. The van der Waals surface area contributed by atoms with Gasteiger partial charge in [-0.15, -0.1) is 0 Å². The van der Waals surface area contributed by atoms with E-state index >= 15 is 0 Å². The Balaban J connectivity index is 2.06. The third kappa shape index (κ3) is 2.89. The Labute approximate surface area is 171 Å². The molecule has 0 saturated heterocycles. The van der Waals surface area contributed by atoms with Gasteiger partial charge in [-0.25, -0.2) is 9.59 Å². The first-order chi connectivity index (χ1) is 13.7. The van der Waals surface area contributed by atoms with E-state index in [1.54, 1.807) is 13.8 Å². The van der Waals surface area contributed by atoms with Crippen LogP contribution in [0.25, 0.3) is 10.8 Å². The van der Waals surface area contributed by atoms with Crippen molar-refractivity contribution in [3.05, 3.63) is 59.2 Å². The number of aryl methyl sites for hydroxylation is 1. The van der Waals surface area contributed by atoms with E-state index in [0.717, 1.165) is 40.3 Å². The van der Waals surface area contributed by atoms with Gasteiger partial charge in [0.1, 0.15) is 11.5 Å². The zero-order chi connectivity index (χ0) is 21.0. The monoisotopic (exact) mass is 390 g/mol. The van der Waals surface area contributed by atoms with E-state index in [1.165, 1.54) is 0 Å².